The predicted molar refractivity (Wildman–Crippen MR) is 115 cm³/mol. The summed E-state index contributed by atoms with van der Waals surface area (Å²) in [6.07, 6.45) is 1.52. The molecule has 4 rings (SSSR count). The number of carbonyl (C=O) groups is 1. The van der Waals surface area contributed by atoms with Gasteiger partial charge in [0.1, 0.15) is 12.3 Å². The number of para-hydroxylation sites is 3. The Morgan fingerprint density at radius 2 is 1.60 bits per heavy atom. The zero-order valence-corrected chi connectivity index (χ0v) is 17.1. The summed E-state index contributed by atoms with van der Waals surface area (Å²) in [4.78, 5) is 13.1. The van der Waals surface area contributed by atoms with Gasteiger partial charge in [0.15, 0.2) is 0 Å². The van der Waals surface area contributed by atoms with Crippen molar-refractivity contribution in [2.45, 2.75) is 16.3 Å². The molecule has 1 aromatic heterocycles. The molecule has 152 valence electrons. The zero-order chi connectivity index (χ0) is 21.1. The first-order valence-electron chi connectivity index (χ1n) is 9.31. The molecule has 0 atom stereocenters. The number of nitrogens with zero attached hydrogens (tertiary/aromatic N) is 1. The van der Waals surface area contributed by atoms with Gasteiger partial charge >= 0.3 is 0 Å². The Bertz CT molecular complexity index is 1310. The molecule has 1 heterocycles. The fourth-order valence-corrected chi connectivity index (χ4v) is 4.87. The highest BCUT2D eigenvalue weighted by molar-refractivity contribution is 7.91. The molecule has 0 aliphatic rings. The van der Waals surface area contributed by atoms with Crippen molar-refractivity contribution in [2.75, 3.05) is 12.4 Å². The van der Waals surface area contributed by atoms with E-state index in [0.29, 0.717) is 22.3 Å². The highest BCUT2D eigenvalue weighted by Crippen LogP contribution is 2.30. The molecule has 0 bridgehead atoms. The number of hydrogen-bond donors (Lipinski definition) is 1. The summed E-state index contributed by atoms with van der Waals surface area (Å²) >= 11 is 0. The van der Waals surface area contributed by atoms with E-state index in [1.807, 2.05) is 12.1 Å². The maximum atomic E-state index is 13.2. The molecule has 0 radical (unpaired) electrons. The van der Waals surface area contributed by atoms with Gasteiger partial charge in [-0.2, -0.15) is 0 Å². The average Bonchev–Trinajstić information content (AvgIpc) is 3.14. The minimum Gasteiger partial charge on any atom is -0.495 e. The summed E-state index contributed by atoms with van der Waals surface area (Å²) in [5.41, 5.74) is 1.22. The van der Waals surface area contributed by atoms with Gasteiger partial charge < -0.3 is 14.6 Å². The lowest BCUT2D eigenvalue weighted by Gasteiger charge is -2.10. The number of fused-ring (bicyclic) bond motifs is 1. The quantitative estimate of drug-likeness (QED) is 0.509. The molecule has 30 heavy (non-hydrogen) atoms. The predicted octanol–water partition coefficient (Wildman–Crippen LogP) is 4.12. The topological polar surface area (TPSA) is 77.4 Å². The van der Waals surface area contributed by atoms with E-state index in [-0.39, 0.29) is 22.2 Å². The Morgan fingerprint density at radius 1 is 0.933 bits per heavy atom. The van der Waals surface area contributed by atoms with Crippen molar-refractivity contribution < 1.29 is 17.9 Å². The maximum Gasteiger partial charge on any atom is 0.244 e. The Hall–Kier alpha value is -3.58. The smallest absolute Gasteiger partial charge is 0.244 e. The fraction of sp³-hybridized carbons (Fsp3) is 0.0870. The molecule has 0 aliphatic heterocycles. The zero-order valence-electron chi connectivity index (χ0n) is 16.3. The number of aromatic nitrogens is 1. The second-order valence-electron chi connectivity index (χ2n) is 6.70. The molecule has 0 saturated carbocycles. The third kappa shape index (κ3) is 3.67. The molecule has 1 N–H and O–H groups in total. The lowest BCUT2D eigenvalue weighted by molar-refractivity contribution is -0.116. The average molecular weight is 420 g/mol. The fourth-order valence-electron chi connectivity index (χ4n) is 3.38. The molecule has 6 nitrogen and oxygen atoms in total. The summed E-state index contributed by atoms with van der Waals surface area (Å²) in [5.74, 6) is 0.263. The SMILES string of the molecule is COc1ccccc1NC(=O)Cn1cc(S(=O)(=O)c2ccccc2)c2ccccc21. The molecule has 0 aliphatic carbocycles. The van der Waals surface area contributed by atoms with Gasteiger partial charge in [0.25, 0.3) is 0 Å². The summed E-state index contributed by atoms with van der Waals surface area (Å²) in [7, 11) is -2.19. The molecule has 0 fully saturated rings. The first kappa shape index (κ1) is 19.7. The van der Waals surface area contributed by atoms with Crippen LogP contribution in [-0.4, -0.2) is 26.0 Å². The van der Waals surface area contributed by atoms with Crippen LogP contribution in [0.15, 0.2) is 94.9 Å². The van der Waals surface area contributed by atoms with Crippen molar-refractivity contribution in [1.82, 2.24) is 4.57 Å². The summed E-state index contributed by atoms with van der Waals surface area (Å²) in [6, 6.07) is 22.5. The van der Waals surface area contributed by atoms with Crippen LogP contribution in [0, 0.1) is 0 Å². The maximum absolute atomic E-state index is 13.2. The number of nitrogens with one attached hydrogen (secondary N) is 1. The third-order valence-corrected chi connectivity index (χ3v) is 6.59. The Balaban J connectivity index is 1.70. The third-order valence-electron chi connectivity index (χ3n) is 4.79. The van der Waals surface area contributed by atoms with Crippen LogP contribution in [0.25, 0.3) is 10.9 Å². The standard InChI is InChI=1S/C23H20N2O4S/c1-29-21-14-8-6-12-19(21)24-23(26)16-25-15-22(18-11-5-7-13-20(18)25)30(27,28)17-9-3-2-4-10-17/h2-15H,16H2,1H3,(H,24,26). The lowest BCUT2D eigenvalue weighted by atomic mass is 10.2. The number of amides is 1. The Kier molecular flexibility index (Phi) is 5.29. The Morgan fingerprint density at radius 3 is 2.37 bits per heavy atom. The van der Waals surface area contributed by atoms with E-state index in [2.05, 4.69) is 5.32 Å². The summed E-state index contributed by atoms with van der Waals surface area (Å²) < 4.78 is 33.3. The van der Waals surface area contributed by atoms with Crippen LogP contribution < -0.4 is 10.1 Å². The van der Waals surface area contributed by atoms with Crippen LogP contribution >= 0.6 is 0 Å². The molecular formula is C23H20N2O4S. The highest BCUT2D eigenvalue weighted by atomic mass is 32.2. The van der Waals surface area contributed by atoms with Gasteiger partial charge in [-0.05, 0) is 30.3 Å². The normalized spacial score (nSPS) is 11.4. The van der Waals surface area contributed by atoms with E-state index in [9.17, 15) is 13.2 Å². The number of anilines is 1. The van der Waals surface area contributed by atoms with Gasteiger partial charge in [-0.15, -0.1) is 0 Å². The van der Waals surface area contributed by atoms with Crippen LogP contribution in [0.5, 0.6) is 5.75 Å². The van der Waals surface area contributed by atoms with Crippen molar-refractivity contribution >= 4 is 32.3 Å². The van der Waals surface area contributed by atoms with E-state index in [0.717, 1.165) is 0 Å². The molecule has 1 amide bonds. The van der Waals surface area contributed by atoms with Gasteiger partial charge in [-0.3, -0.25) is 4.79 Å². The number of carbonyl (C=O) groups excluding carboxylic acids is 1. The Labute approximate surface area is 174 Å². The largest absolute Gasteiger partial charge is 0.495 e. The van der Waals surface area contributed by atoms with Crippen LogP contribution in [0.2, 0.25) is 0 Å². The number of hydrogen-bond acceptors (Lipinski definition) is 4. The van der Waals surface area contributed by atoms with Gasteiger partial charge in [0.2, 0.25) is 15.7 Å². The summed E-state index contributed by atoms with van der Waals surface area (Å²) in [5, 5.41) is 3.40. The number of ether oxygens (including phenoxy) is 1. The van der Waals surface area contributed by atoms with Gasteiger partial charge in [-0.25, -0.2) is 8.42 Å². The molecule has 0 unspecified atom stereocenters. The number of benzene rings is 3. The first-order chi connectivity index (χ1) is 14.5. The minimum atomic E-state index is -3.72. The molecule has 0 saturated heterocycles. The van der Waals surface area contributed by atoms with Crippen molar-refractivity contribution in [1.29, 1.82) is 0 Å². The van der Waals surface area contributed by atoms with Gasteiger partial charge in [0, 0.05) is 17.1 Å². The van der Waals surface area contributed by atoms with E-state index < -0.39 is 9.84 Å². The van der Waals surface area contributed by atoms with Crippen molar-refractivity contribution in [3.8, 4) is 5.75 Å². The summed E-state index contributed by atoms with van der Waals surface area (Å²) in [6.45, 7) is -0.0388. The molecule has 7 heteroatoms. The van der Waals surface area contributed by atoms with Crippen molar-refractivity contribution in [2.24, 2.45) is 0 Å². The van der Waals surface area contributed by atoms with E-state index in [4.69, 9.17) is 4.74 Å². The highest BCUT2D eigenvalue weighted by Gasteiger charge is 2.23. The molecule has 3 aromatic carbocycles. The minimum absolute atomic E-state index is 0.0388. The number of methoxy groups -OCH3 is 1. The second-order valence-corrected chi connectivity index (χ2v) is 8.62. The van der Waals surface area contributed by atoms with E-state index >= 15 is 0 Å². The monoisotopic (exact) mass is 420 g/mol. The van der Waals surface area contributed by atoms with Gasteiger partial charge in [0.05, 0.1) is 22.6 Å². The van der Waals surface area contributed by atoms with Gasteiger partial charge in [-0.1, -0.05) is 48.5 Å². The van der Waals surface area contributed by atoms with Crippen LogP contribution in [0.3, 0.4) is 0 Å². The molecular weight excluding hydrogens is 400 g/mol. The number of rotatable bonds is 6. The number of sulfone groups is 1. The second kappa shape index (κ2) is 8.04. The van der Waals surface area contributed by atoms with Crippen LogP contribution in [0.1, 0.15) is 0 Å². The first-order valence-corrected chi connectivity index (χ1v) is 10.8. The molecule has 4 aromatic rings. The lowest BCUT2D eigenvalue weighted by Crippen LogP contribution is -2.18. The van der Waals surface area contributed by atoms with Crippen molar-refractivity contribution in [3.05, 3.63) is 85.1 Å². The van der Waals surface area contributed by atoms with Crippen LogP contribution in [-0.2, 0) is 21.2 Å². The molecule has 0 spiro atoms. The van der Waals surface area contributed by atoms with Crippen molar-refractivity contribution in [3.63, 3.8) is 0 Å². The van der Waals surface area contributed by atoms with E-state index in [1.54, 1.807) is 71.3 Å². The van der Waals surface area contributed by atoms with E-state index in [1.165, 1.54) is 13.3 Å². The van der Waals surface area contributed by atoms with Crippen LogP contribution in [0.4, 0.5) is 5.69 Å².